The number of methoxy groups -OCH3 is 1. The predicted molar refractivity (Wildman–Crippen MR) is 91.2 cm³/mol. The van der Waals surface area contributed by atoms with Crippen molar-refractivity contribution in [2.24, 2.45) is 0 Å². The maximum Gasteiger partial charge on any atom is 0.260 e. The first kappa shape index (κ1) is 17.2. The van der Waals surface area contributed by atoms with E-state index in [1.165, 1.54) is 0 Å². The summed E-state index contributed by atoms with van der Waals surface area (Å²) in [5.41, 5.74) is 1.13. The molecular weight excluding hydrogens is 314 g/mol. The molecule has 0 bridgehead atoms. The van der Waals surface area contributed by atoms with Crippen molar-refractivity contribution in [3.63, 3.8) is 0 Å². The number of benzene rings is 2. The molecule has 0 spiro atoms. The van der Waals surface area contributed by atoms with Crippen molar-refractivity contribution in [3.8, 4) is 11.5 Å². The largest absolute Gasteiger partial charge is 0.497 e. The highest BCUT2D eigenvalue weighted by molar-refractivity contribution is 6.30. The molecule has 122 valence electrons. The second-order valence-corrected chi connectivity index (χ2v) is 5.54. The van der Waals surface area contributed by atoms with Gasteiger partial charge in [0.1, 0.15) is 11.5 Å². The topological polar surface area (TPSA) is 47.6 Å². The van der Waals surface area contributed by atoms with Crippen LogP contribution < -0.4 is 14.8 Å². The zero-order valence-corrected chi connectivity index (χ0v) is 14.0. The third-order valence-electron chi connectivity index (χ3n) is 3.35. The predicted octanol–water partition coefficient (Wildman–Crippen LogP) is 3.47. The summed E-state index contributed by atoms with van der Waals surface area (Å²) in [7, 11) is 1.64. The molecule has 0 aliphatic heterocycles. The van der Waals surface area contributed by atoms with Crippen molar-refractivity contribution in [1.29, 1.82) is 0 Å². The van der Waals surface area contributed by atoms with Crippen molar-refractivity contribution < 1.29 is 14.3 Å². The molecule has 23 heavy (non-hydrogen) atoms. The van der Waals surface area contributed by atoms with Gasteiger partial charge in [-0.2, -0.15) is 0 Å². The molecule has 1 amide bonds. The fraction of sp³-hybridized carbons (Fsp3) is 0.278. The minimum atomic E-state index is -0.579. The SMILES string of the molecule is COc1ccc(CCNC(=O)[C@@H](C)Oc2cccc(Cl)c2)cc1. The molecule has 0 unspecified atom stereocenters. The molecule has 1 N–H and O–H groups in total. The first-order chi connectivity index (χ1) is 11.1. The molecule has 2 rings (SSSR count). The van der Waals surface area contributed by atoms with Crippen LogP contribution in [0, 0.1) is 0 Å². The van der Waals surface area contributed by atoms with E-state index in [1.807, 2.05) is 24.3 Å². The average molecular weight is 334 g/mol. The van der Waals surface area contributed by atoms with Crippen LogP contribution in [0.2, 0.25) is 5.02 Å². The van der Waals surface area contributed by atoms with Crippen molar-refractivity contribution >= 4 is 17.5 Å². The third kappa shape index (κ3) is 5.49. The van der Waals surface area contributed by atoms with E-state index in [4.69, 9.17) is 21.1 Å². The van der Waals surface area contributed by atoms with Crippen molar-refractivity contribution in [2.45, 2.75) is 19.4 Å². The van der Waals surface area contributed by atoms with Crippen LogP contribution in [0.15, 0.2) is 48.5 Å². The molecule has 1 atom stereocenters. The number of carbonyl (C=O) groups excluding carboxylic acids is 1. The lowest BCUT2D eigenvalue weighted by atomic mass is 10.1. The Kier molecular flexibility index (Phi) is 6.29. The number of amides is 1. The molecule has 0 aliphatic carbocycles. The Morgan fingerprint density at radius 2 is 1.91 bits per heavy atom. The van der Waals surface area contributed by atoms with Crippen LogP contribution in [-0.4, -0.2) is 25.7 Å². The van der Waals surface area contributed by atoms with E-state index in [-0.39, 0.29) is 5.91 Å². The molecule has 0 heterocycles. The average Bonchev–Trinajstić information content (AvgIpc) is 2.55. The molecule has 2 aromatic carbocycles. The van der Waals surface area contributed by atoms with Crippen molar-refractivity contribution in [2.75, 3.05) is 13.7 Å². The molecule has 4 nitrogen and oxygen atoms in total. The normalized spacial score (nSPS) is 11.6. The number of hydrogen-bond acceptors (Lipinski definition) is 3. The summed E-state index contributed by atoms with van der Waals surface area (Å²) in [4.78, 5) is 12.0. The first-order valence-electron chi connectivity index (χ1n) is 7.41. The summed E-state index contributed by atoms with van der Waals surface area (Å²) in [5.74, 6) is 1.25. The fourth-order valence-corrected chi connectivity index (χ4v) is 2.24. The zero-order valence-electron chi connectivity index (χ0n) is 13.2. The lowest BCUT2D eigenvalue weighted by Crippen LogP contribution is -2.37. The van der Waals surface area contributed by atoms with Crippen LogP contribution in [0.3, 0.4) is 0 Å². The van der Waals surface area contributed by atoms with Gasteiger partial charge in [0, 0.05) is 11.6 Å². The Bertz CT molecular complexity index is 643. The Balaban J connectivity index is 1.77. The number of hydrogen-bond donors (Lipinski definition) is 1. The summed E-state index contributed by atoms with van der Waals surface area (Å²) in [6, 6.07) is 14.8. The number of rotatable bonds is 7. The summed E-state index contributed by atoms with van der Waals surface area (Å²) in [6.07, 6.45) is 0.170. The number of nitrogens with one attached hydrogen (secondary N) is 1. The van der Waals surface area contributed by atoms with Gasteiger partial charge in [0.15, 0.2) is 6.10 Å². The minimum absolute atomic E-state index is 0.154. The highest BCUT2D eigenvalue weighted by atomic mass is 35.5. The van der Waals surface area contributed by atoms with Gasteiger partial charge >= 0.3 is 0 Å². The molecule has 2 aromatic rings. The van der Waals surface area contributed by atoms with E-state index in [9.17, 15) is 4.79 Å². The first-order valence-corrected chi connectivity index (χ1v) is 7.79. The minimum Gasteiger partial charge on any atom is -0.497 e. The fourth-order valence-electron chi connectivity index (χ4n) is 2.06. The lowest BCUT2D eigenvalue weighted by molar-refractivity contribution is -0.127. The highest BCUT2D eigenvalue weighted by Gasteiger charge is 2.14. The Labute approximate surface area is 141 Å². The zero-order chi connectivity index (χ0) is 16.7. The molecule has 0 aliphatic rings. The van der Waals surface area contributed by atoms with Gasteiger partial charge in [-0.3, -0.25) is 4.79 Å². The molecule has 0 saturated carbocycles. The van der Waals surface area contributed by atoms with Gasteiger partial charge in [-0.15, -0.1) is 0 Å². The van der Waals surface area contributed by atoms with Gasteiger partial charge in [0.2, 0.25) is 0 Å². The molecule has 0 saturated heterocycles. The van der Waals surface area contributed by atoms with Crippen LogP contribution in [0.25, 0.3) is 0 Å². The number of ether oxygens (including phenoxy) is 2. The van der Waals surface area contributed by atoms with E-state index < -0.39 is 6.10 Å². The monoisotopic (exact) mass is 333 g/mol. The molecule has 5 heteroatoms. The highest BCUT2D eigenvalue weighted by Crippen LogP contribution is 2.18. The van der Waals surface area contributed by atoms with Gasteiger partial charge in [-0.25, -0.2) is 0 Å². The number of carbonyl (C=O) groups is 1. The van der Waals surface area contributed by atoms with Gasteiger partial charge in [0.25, 0.3) is 5.91 Å². The van der Waals surface area contributed by atoms with Gasteiger partial charge in [-0.05, 0) is 49.2 Å². The van der Waals surface area contributed by atoms with Crippen LogP contribution >= 0.6 is 11.6 Å². The standard InChI is InChI=1S/C18H20ClNO3/c1-13(23-17-5-3-4-15(19)12-17)18(21)20-11-10-14-6-8-16(22-2)9-7-14/h3-9,12-13H,10-11H2,1-2H3,(H,20,21)/t13-/m1/s1. The Morgan fingerprint density at radius 3 is 2.57 bits per heavy atom. The molecule has 0 fully saturated rings. The van der Waals surface area contributed by atoms with E-state index >= 15 is 0 Å². The Hall–Kier alpha value is -2.20. The van der Waals surface area contributed by atoms with Crippen molar-refractivity contribution in [1.82, 2.24) is 5.32 Å². The van der Waals surface area contributed by atoms with Crippen LogP contribution in [0.4, 0.5) is 0 Å². The van der Waals surface area contributed by atoms with Crippen LogP contribution in [-0.2, 0) is 11.2 Å². The summed E-state index contributed by atoms with van der Waals surface area (Å²) in [5, 5.41) is 3.44. The molecule has 0 aromatic heterocycles. The number of halogens is 1. The lowest BCUT2D eigenvalue weighted by Gasteiger charge is -2.15. The third-order valence-corrected chi connectivity index (χ3v) is 3.59. The second kappa shape index (κ2) is 8.44. The van der Waals surface area contributed by atoms with Crippen LogP contribution in [0.1, 0.15) is 12.5 Å². The van der Waals surface area contributed by atoms with Gasteiger partial charge in [0.05, 0.1) is 7.11 Å². The maximum atomic E-state index is 12.0. The van der Waals surface area contributed by atoms with Gasteiger partial charge in [-0.1, -0.05) is 29.8 Å². The quantitative estimate of drug-likeness (QED) is 0.844. The smallest absolute Gasteiger partial charge is 0.260 e. The van der Waals surface area contributed by atoms with Gasteiger partial charge < -0.3 is 14.8 Å². The summed E-state index contributed by atoms with van der Waals surface area (Å²) >= 11 is 5.89. The van der Waals surface area contributed by atoms with Crippen molar-refractivity contribution in [3.05, 3.63) is 59.1 Å². The van der Waals surface area contributed by atoms with E-state index in [2.05, 4.69) is 5.32 Å². The maximum absolute atomic E-state index is 12.0. The van der Waals surface area contributed by atoms with E-state index in [0.29, 0.717) is 17.3 Å². The Morgan fingerprint density at radius 1 is 1.17 bits per heavy atom. The van der Waals surface area contributed by atoms with Crippen LogP contribution in [0.5, 0.6) is 11.5 Å². The molecule has 0 radical (unpaired) electrons. The van der Waals surface area contributed by atoms with E-state index in [0.717, 1.165) is 17.7 Å². The summed E-state index contributed by atoms with van der Waals surface area (Å²) in [6.45, 7) is 2.26. The van der Waals surface area contributed by atoms with E-state index in [1.54, 1.807) is 38.3 Å². The second-order valence-electron chi connectivity index (χ2n) is 5.11. The molecular formula is C18H20ClNO3. The summed E-state index contributed by atoms with van der Waals surface area (Å²) < 4.78 is 10.7.